The zero-order valence-corrected chi connectivity index (χ0v) is 15.9. The van der Waals surface area contributed by atoms with Crippen LogP contribution in [-0.4, -0.2) is 0 Å². The fourth-order valence-corrected chi connectivity index (χ4v) is 3.65. The molecule has 0 aromatic heterocycles. The number of thiol groups is 1. The van der Waals surface area contributed by atoms with E-state index >= 15 is 0 Å². The van der Waals surface area contributed by atoms with Crippen molar-refractivity contribution >= 4 is 23.4 Å². The Morgan fingerprint density at radius 1 is 0.484 bits per heavy atom. The van der Waals surface area contributed by atoms with E-state index in [4.69, 9.17) is 0 Å². The van der Waals surface area contributed by atoms with E-state index in [9.17, 15) is 35.1 Å². The van der Waals surface area contributed by atoms with Crippen LogP contribution in [0.1, 0.15) is 0 Å². The lowest BCUT2D eigenvalue weighted by atomic mass is 9.93. The predicted octanol–water partition coefficient (Wildman–Crippen LogP) is 7.58. The Hall–Kier alpha value is -3.07. The molecule has 4 aromatic carbocycles. The van der Waals surface area contributed by atoms with Crippen LogP contribution >= 0.6 is 12.6 Å². The van der Waals surface area contributed by atoms with Crippen molar-refractivity contribution in [1.82, 2.24) is 0 Å². The normalized spacial score (nSPS) is 11.4. The number of fused-ring (bicyclic) bond motifs is 1. The summed E-state index contributed by atoms with van der Waals surface area (Å²) in [7, 11) is 0. The SMILES string of the molecule is Fc1cc(F)c(F)c(-c2c(F)c(F)c(-c3ccc(S)c4ccccc34)c(F)c2F)c1F. The van der Waals surface area contributed by atoms with E-state index in [1.165, 1.54) is 18.2 Å². The largest absolute Gasteiger partial charge is 0.204 e. The molecular weight excluding hydrogens is 448 g/mol. The number of rotatable bonds is 2. The standard InChI is InChI=1S/C22H8F8S/c23-11-7-12(24)18(26)15(17(11)25)16-21(29)19(27)14(20(28)22(16)30)10-5-6-13(31)9-4-2-1-3-8(9)10/h1-7,31H. The molecule has 0 heterocycles. The third-order valence-electron chi connectivity index (χ3n) is 4.80. The molecule has 0 unspecified atom stereocenters. The topological polar surface area (TPSA) is 0 Å². The van der Waals surface area contributed by atoms with Crippen LogP contribution in [0, 0.1) is 46.5 Å². The fourth-order valence-electron chi connectivity index (χ4n) is 3.38. The van der Waals surface area contributed by atoms with Crippen molar-refractivity contribution in [1.29, 1.82) is 0 Å². The minimum atomic E-state index is -2.21. The van der Waals surface area contributed by atoms with Gasteiger partial charge in [-0.15, -0.1) is 12.6 Å². The maximum absolute atomic E-state index is 14.9. The molecule has 4 aromatic rings. The van der Waals surface area contributed by atoms with Gasteiger partial charge >= 0.3 is 0 Å². The highest BCUT2D eigenvalue weighted by atomic mass is 32.1. The predicted molar refractivity (Wildman–Crippen MR) is 102 cm³/mol. The third kappa shape index (κ3) is 3.15. The average molecular weight is 456 g/mol. The fraction of sp³-hybridized carbons (Fsp3) is 0. The first-order valence-corrected chi connectivity index (χ1v) is 9.00. The molecule has 0 saturated carbocycles. The van der Waals surface area contributed by atoms with Crippen molar-refractivity contribution in [3.8, 4) is 22.3 Å². The van der Waals surface area contributed by atoms with Crippen LogP contribution in [0.15, 0.2) is 47.4 Å². The van der Waals surface area contributed by atoms with Crippen molar-refractivity contribution in [2.24, 2.45) is 0 Å². The van der Waals surface area contributed by atoms with Gasteiger partial charge in [0.15, 0.2) is 46.5 Å². The van der Waals surface area contributed by atoms with Gasteiger partial charge in [0.25, 0.3) is 0 Å². The first-order valence-electron chi connectivity index (χ1n) is 8.55. The lowest BCUT2D eigenvalue weighted by Gasteiger charge is -2.16. The summed E-state index contributed by atoms with van der Waals surface area (Å²) in [5.74, 6) is -16.8. The summed E-state index contributed by atoms with van der Waals surface area (Å²) in [5.41, 5.74) is -5.21. The number of benzene rings is 4. The van der Waals surface area contributed by atoms with Crippen molar-refractivity contribution in [3.05, 3.63) is 89.0 Å². The van der Waals surface area contributed by atoms with E-state index in [2.05, 4.69) is 12.6 Å². The van der Waals surface area contributed by atoms with E-state index in [1.807, 2.05) is 0 Å². The molecule has 0 radical (unpaired) electrons. The number of halogens is 8. The number of hydrogen-bond acceptors (Lipinski definition) is 1. The molecule has 0 amide bonds. The highest BCUT2D eigenvalue weighted by Gasteiger charge is 2.33. The van der Waals surface area contributed by atoms with Gasteiger partial charge < -0.3 is 0 Å². The molecule has 0 fully saturated rings. The second-order valence-electron chi connectivity index (χ2n) is 6.53. The van der Waals surface area contributed by atoms with E-state index in [0.717, 1.165) is 6.07 Å². The van der Waals surface area contributed by atoms with Gasteiger partial charge in [-0.2, -0.15) is 0 Å². The van der Waals surface area contributed by atoms with E-state index in [1.54, 1.807) is 12.1 Å². The Morgan fingerprint density at radius 2 is 0.935 bits per heavy atom. The summed E-state index contributed by atoms with van der Waals surface area (Å²) < 4.78 is 115. The van der Waals surface area contributed by atoms with Gasteiger partial charge in [-0.3, -0.25) is 0 Å². The summed E-state index contributed by atoms with van der Waals surface area (Å²) in [6.45, 7) is 0. The van der Waals surface area contributed by atoms with Crippen LogP contribution in [0.4, 0.5) is 35.1 Å². The summed E-state index contributed by atoms with van der Waals surface area (Å²) in [6, 6.07) is 8.39. The zero-order valence-electron chi connectivity index (χ0n) is 15.0. The van der Waals surface area contributed by atoms with Crippen LogP contribution in [0.25, 0.3) is 33.0 Å². The molecule has 0 atom stereocenters. The molecule has 158 valence electrons. The molecule has 31 heavy (non-hydrogen) atoms. The van der Waals surface area contributed by atoms with Crippen LogP contribution in [0.3, 0.4) is 0 Å². The zero-order chi connectivity index (χ0) is 22.6. The molecular formula is C22H8F8S. The molecule has 0 N–H and O–H groups in total. The Bertz CT molecular complexity index is 1330. The van der Waals surface area contributed by atoms with Gasteiger partial charge in [0.05, 0.1) is 16.7 Å². The molecule has 0 bridgehead atoms. The third-order valence-corrected chi connectivity index (χ3v) is 5.19. The Kier molecular flexibility index (Phi) is 5.17. The Labute approximate surface area is 175 Å². The molecule has 0 nitrogen and oxygen atoms in total. The number of hydrogen-bond donors (Lipinski definition) is 1. The first-order chi connectivity index (χ1) is 14.6. The lowest BCUT2D eigenvalue weighted by Crippen LogP contribution is -2.08. The molecule has 0 saturated heterocycles. The summed E-state index contributed by atoms with van der Waals surface area (Å²) in [4.78, 5) is 0.414. The van der Waals surface area contributed by atoms with Gasteiger partial charge in [-0.05, 0) is 22.4 Å². The molecule has 0 spiro atoms. The monoisotopic (exact) mass is 456 g/mol. The second kappa shape index (κ2) is 7.56. The second-order valence-corrected chi connectivity index (χ2v) is 7.01. The minimum absolute atomic E-state index is 0.188. The smallest absolute Gasteiger partial charge is 0.170 e. The van der Waals surface area contributed by atoms with Gasteiger partial charge in [0, 0.05) is 11.0 Å². The highest BCUT2D eigenvalue weighted by molar-refractivity contribution is 7.80. The van der Waals surface area contributed by atoms with Gasteiger partial charge in [0.2, 0.25) is 0 Å². The first kappa shape index (κ1) is 21.2. The van der Waals surface area contributed by atoms with Crippen molar-refractivity contribution in [2.45, 2.75) is 4.90 Å². The van der Waals surface area contributed by atoms with E-state index < -0.39 is 63.2 Å². The lowest BCUT2D eigenvalue weighted by molar-refractivity contribution is 0.443. The Morgan fingerprint density at radius 3 is 1.48 bits per heavy atom. The summed E-state index contributed by atoms with van der Waals surface area (Å²) in [6.07, 6.45) is 0. The molecule has 4 rings (SSSR count). The van der Waals surface area contributed by atoms with Gasteiger partial charge in [-0.1, -0.05) is 30.3 Å². The van der Waals surface area contributed by atoms with Crippen LogP contribution < -0.4 is 0 Å². The maximum Gasteiger partial charge on any atom is 0.170 e. The average Bonchev–Trinajstić information content (AvgIpc) is 2.75. The van der Waals surface area contributed by atoms with Crippen LogP contribution in [0.2, 0.25) is 0 Å². The summed E-state index contributed by atoms with van der Waals surface area (Å²) >= 11 is 4.22. The van der Waals surface area contributed by atoms with Crippen LogP contribution in [0.5, 0.6) is 0 Å². The quantitative estimate of drug-likeness (QED) is 0.180. The maximum atomic E-state index is 14.9. The van der Waals surface area contributed by atoms with Gasteiger partial charge in [-0.25, -0.2) is 35.1 Å². The van der Waals surface area contributed by atoms with E-state index in [0.29, 0.717) is 10.3 Å². The van der Waals surface area contributed by atoms with E-state index in [-0.39, 0.29) is 17.0 Å². The molecule has 9 heteroatoms. The van der Waals surface area contributed by atoms with Crippen LogP contribution in [-0.2, 0) is 0 Å². The molecule has 0 aliphatic carbocycles. The minimum Gasteiger partial charge on any atom is -0.204 e. The van der Waals surface area contributed by atoms with Gasteiger partial charge in [0.1, 0.15) is 0 Å². The Balaban J connectivity index is 2.10. The molecule has 0 aliphatic rings. The molecule has 0 aliphatic heterocycles. The summed E-state index contributed by atoms with van der Waals surface area (Å²) in [5, 5.41) is 0.602. The van der Waals surface area contributed by atoms with Crippen molar-refractivity contribution < 1.29 is 35.1 Å². The van der Waals surface area contributed by atoms with Crippen molar-refractivity contribution in [3.63, 3.8) is 0 Å². The highest BCUT2D eigenvalue weighted by Crippen LogP contribution is 2.42. The van der Waals surface area contributed by atoms with Crippen molar-refractivity contribution in [2.75, 3.05) is 0 Å².